The van der Waals surface area contributed by atoms with Crippen LogP contribution in [0.3, 0.4) is 0 Å². The van der Waals surface area contributed by atoms with E-state index in [0.29, 0.717) is 16.5 Å². The number of pyridine rings is 2. The number of carbonyl (C=O) groups is 1. The van der Waals surface area contributed by atoms with Crippen LogP contribution in [0.5, 0.6) is 0 Å². The molecular formula is C12H9ClFN3O. The molecule has 1 amide bonds. The van der Waals surface area contributed by atoms with Crippen molar-refractivity contribution in [2.24, 2.45) is 0 Å². The lowest BCUT2D eigenvalue weighted by Crippen LogP contribution is -2.15. The molecule has 2 rings (SSSR count). The van der Waals surface area contributed by atoms with Gasteiger partial charge in [0.15, 0.2) is 0 Å². The number of anilines is 1. The van der Waals surface area contributed by atoms with Crippen LogP contribution in [0.25, 0.3) is 0 Å². The second kappa shape index (κ2) is 5.10. The molecule has 0 atom stereocenters. The number of amides is 1. The Balaban J connectivity index is 2.24. The van der Waals surface area contributed by atoms with Gasteiger partial charge in [0.1, 0.15) is 5.15 Å². The maximum absolute atomic E-state index is 13.3. The summed E-state index contributed by atoms with van der Waals surface area (Å²) < 4.78 is 13.3. The lowest BCUT2D eigenvalue weighted by atomic mass is 10.2. The summed E-state index contributed by atoms with van der Waals surface area (Å²) in [6.07, 6.45) is 1.28. The highest BCUT2D eigenvalue weighted by molar-refractivity contribution is 6.29. The molecule has 0 spiro atoms. The van der Waals surface area contributed by atoms with Crippen LogP contribution in [-0.4, -0.2) is 15.9 Å². The van der Waals surface area contributed by atoms with Gasteiger partial charge in [0, 0.05) is 6.20 Å². The highest BCUT2D eigenvalue weighted by Gasteiger charge is 2.13. The van der Waals surface area contributed by atoms with E-state index in [1.54, 1.807) is 19.1 Å². The van der Waals surface area contributed by atoms with Crippen LogP contribution < -0.4 is 5.32 Å². The highest BCUT2D eigenvalue weighted by Crippen LogP contribution is 2.17. The molecule has 0 aliphatic carbocycles. The molecule has 0 aliphatic heterocycles. The average Bonchev–Trinajstić information content (AvgIpc) is 2.33. The van der Waals surface area contributed by atoms with Crippen molar-refractivity contribution < 1.29 is 9.18 Å². The van der Waals surface area contributed by atoms with Crippen molar-refractivity contribution in [3.63, 3.8) is 0 Å². The van der Waals surface area contributed by atoms with Gasteiger partial charge in [-0.2, -0.15) is 4.39 Å². The average molecular weight is 266 g/mol. The van der Waals surface area contributed by atoms with E-state index >= 15 is 0 Å². The van der Waals surface area contributed by atoms with Crippen LogP contribution in [0.2, 0.25) is 5.15 Å². The molecule has 4 nitrogen and oxygen atoms in total. The maximum Gasteiger partial charge on any atom is 0.260 e. The largest absolute Gasteiger partial charge is 0.320 e. The van der Waals surface area contributed by atoms with E-state index in [2.05, 4.69) is 15.3 Å². The first-order valence-corrected chi connectivity index (χ1v) is 5.51. The van der Waals surface area contributed by atoms with Crippen molar-refractivity contribution in [2.45, 2.75) is 6.92 Å². The fourth-order valence-corrected chi connectivity index (χ4v) is 1.60. The van der Waals surface area contributed by atoms with Gasteiger partial charge in [-0.25, -0.2) is 9.97 Å². The summed E-state index contributed by atoms with van der Waals surface area (Å²) in [6.45, 7) is 1.70. The number of nitrogens with one attached hydrogen (secondary N) is 1. The number of aryl methyl sites for hydroxylation is 1. The Kier molecular flexibility index (Phi) is 3.53. The fraction of sp³-hybridized carbons (Fsp3) is 0.0833. The second-order valence-corrected chi connectivity index (χ2v) is 3.95. The van der Waals surface area contributed by atoms with Crippen LogP contribution in [0.4, 0.5) is 10.1 Å². The molecule has 0 fully saturated rings. The zero-order chi connectivity index (χ0) is 13.1. The number of aromatic nitrogens is 2. The number of hydrogen-bond donors (Lipinski definition) is 1. The van der Waals surface area contributed by atoms with Gasteiger partial charge >= 0.3 is 0 Å². The summed E-state index contributed by atoms with van der Waals surface area (Å²) in [7, 11) is 0. The Morgan fingerprint density at radius 3 is 2.83 bits per heavy atom. The molecule has 18 heavy (non-hydrogen) atoms. The standard InChI is InChI=1S/C12H9ClFN3O/c1-7-9(4-5-10(13)16-7)17-12(18)8-3-2-6-15-11(8)14/h2-6H,1H3,(H,17,18). The second-order valence-electron chi connectivity index (χ2n) is 3.56. The molecule has 0 saturated carbocycles. The first kappa shape index (κ1) is 12.4. The third kappa shape index (κ3) is 2.62. The molecule has 2 heterocycles. The normalized spacial score (nSPS) is 10.2. The number of halogens is 2. The van der Waals surface area contributed by atoms with Gasteiger partial charge in [-0.1, -0.05) is 11.6 Å². The number of carbonyl (C=O) groups excluding carboxylic acids is 1. The monoisotopic (exact) mass is 265 g/mol. The summed E-state index contributed by atoms with van der Waals surface area (Å²) in [5, 5.41) is 2.89. The minimum Gasteiger partial charge on any atom is -0.320 e. The molecule has 1 N–H and O–H groups in total. The van der Waals surface area contributed by atoms with Crippen LogP contribution in [-0.2, 0) is 0 Å². The Morgan fingerprint density at radius 1 is 1.39 bits per heavy atom. The first-order chi connectivity index (χ1) is 8.58. The van der Waals surface area contributed by atoms with Crippen LogP contribution >= 0.6 is 11.6 Å². The van der Waals surface area contributed by atoms with E-state index in [9.17, 15) is 9.18 Å². The molecule has 2 aromatic rings. The van der Waals surface area contributed by atoms with Crippen LogP contribution in [0, 0.1) is 12.9 Å². The van der Waals surface area contributed by atoms with Crippen molar-refractivity contribution in [3.8, 4) is 0 Å². The minimum absolute atomic E-state index is 0.119. The van der Waals surface area contributed by atoms with Crippen molar-refractivity contribution in [3.05, 3.63) is 52.8 Å². The maximum atomic E-state index is 13.3. The van der Waals surface area contributed by atoms with E-state index in [4.69, 9.17) is 11.6 Å². The van der Waals surface area contributed by atoms with Gasteiger partial charge < -0.3 is 5.32 Å². The van der Waals surface area contributed by atoms with Gasteiger partial charge in [0.25, 0.3) is 5.91 Å². The Hall–Kier alpha value is -2.01. The van der Waals surface area contributed by atoms with E-state index in [0.717, 1.165) is 0 Å². The minimum atomic E-state index is -0.811. The molecule has 0 radical (unpaired) electrons. The summed E-state index contributed by atoms with van der Waals surface area (Å²) in [4.78, 5) is 19.2. The molecule has 2 aromatic heterocycles. The number of rotatable bonds is 2. The SMILES string of the molecule is Cc1nc(Cl)ccc1NC(=O)c1cccnc1F. The summed E-state index contributed by atoms with van der Waals surface area (Å²) >= 11 is 5.70. The first-order valence-electron chi connectivity index (χ1n) is 5.13. The molecule has 0 saturated heterocycles. The molecule has 0 unspecified atom stereocenters. The topological polar surface area (TPSA) is 54.9 Å². The highest BCUT2D eigenvalue weighted by atomic mass is 35.5. The third-order valence-electron chi connectivity index (χ3n) is 2.30. The predicted octanol–water partition coefficient (Wildman–Crippen LogP) is 2.83. The van der Waals surface area contributed by atoms with E-state index in [-0.39, 0.29) is 5.56 Å². The van der Waals surface area contributed by atoms with Crippen molar-refractivity contribution in [1.29, 1.82) is 0 Å². The van der Waals surface area contributed by atoms with Gasteiger partial charge in [0.05, 0.1) is 16.9 Å². The Labute approximate surface area is 108 Å². The van der Waals surface area contributed by atoms with E-state index in [1.165, 1.54) is 18.3 Å². The summed E-state index contributed by atoms with van der Waals surface area (Å²) in [5.41, 5.74) is 0.916. The van der Waals surface area contributed by atoms with Gasteiger partial charge in [-0.15, -0.1) is 0 Å². The molecular weight excluding hydrogens is 257 g/mol. The third-order valence-corrected chi connectivity index (χ3v) is 2.51. The Morgan fingerprint density at radius 2 is 2.17 bits per heavy atom. The van der Waals surface area contributed by atoms with Crippen molar-refractivity contribution >= 4 is 23.2 Å². The van der Waals surface area contributed by atoms with Crippen molar-refractivity contribution in [2.75, 3.05) is 5.32 Å². The molecule has 92 valence electrons. The molecule has 6 heteroatoms. The Bertz CT molecular complexity index is 604. The van der Waals surface area contributed by atoms with Crippen LogP contribution in [0.15, 0.2) is 30.5 Å². The molecule has 0 aromatic carbocycles. The number of hydrogen-bond acceptors (Lipinski definition) is 3. The molecule has 0 aliphatic rings. The lowest BCUT2D eigenvalue weighted by molar-refractivity contribution is 0.102. The van der Waals surface area contributed by atoms with Gasteiger partial charge in [-0.05, 0) is 31.2 Å². The lowest BCUT2D eigenvalue weighted by Gasteiger charge is -2.07. The summed E-state index contributed by atoms with van der Waals surface area (Å²) in [6, 6.07) is 6.00. The zero-order valence-corrected chi connectivity index (χ0v) is 10.2. The van der Waals surface area contributed by atoms with Crippen molar-refractivity contribution in [1.82, 2.24) is 9.97 Å². The van der Waals surface area contributed by atoms with Gasteiger partial charge in [-0.3, -0.25) is 4.79 Å². The number of nitrogens with zero attached hydrogens (tertiary/aromatic N) is 2. The van der Waals surface area contributed by atoms with E-state index < -0.39 is 11.9 Å². The smallest absolute Gasteiger partial charge is 0.260 e. The molecule has 0 bridgehead atoms. The van der Waals surface area contributed by atoms with Crippen LogP contribution in [0.1, 0.15) is 16.1 Å². The fourth-order valence-electron chi connectivity index (χ4n) is 1.41. The predicted molar refractivity (Wildman–Crippen MR) is 66.1 cm³/mol. The zero-order valence-electron chi connectivity index (χ0n) is 9.45. The summed E-state index contributed by atoms with van der Waals surface area (Å²) in [5.74, 6) is -1.39. The quantitative estimate of drug-likeness (QED) is 0.850. The van der Waals surface area contributed by atoms with Gasteiger partial charge in [0.2, 0.25) is 5.95 Å². The van der Waals surface area contributed by atoms with E-state index in [1.807, 2.05) is 0 Å².